The third-order valence-electron chi connectivity index (χ3n) is 7.17. The average molecular weight is 531 g/mol. The van der Waals surface area contributed by atoms with Crippen LogP contribution in [0, 0.1) is 11.7 Å². The first-order valence-electron chi connectivity index (χ1n) is 12.4. The minimum absolute atomic E-state index is 0.0168. The molecule has 5 rings (SSSR count). The second kappa shape index (κ2) is 10.7. The first-order valence-corrected chi connectivity index (χ1v) is 12.4. The minimum Gasteiger partial charge on any atom is -0.483 e. The number of nitrogens with one attached hydrogen (secondary N) is 1. The van der Waals surface area contributed by atoms with E-state index in [4.69, 9.17) is 14.6 Å². The van der Waals surface area contributed by atoms with Crippen LogP contribution in [0.15, 0.2) is 48.7 Å². The zero-order chi connectivity index (χ0) is 27.7. The molecule has 0 amide bonds. The fraction of sp³-hybridized carbons (Fsp3) is 0.379. The number of rotatable bonds is 4. The Morgan fingerprint density at radius 3 is 2.55 bits per heavy atom. The van der Waals surface area contributed by atoms with Gasteiger partial charge in [0.05, 0.1) is 11.6 Å². The molecule has 1 aliphatic carbocycles. The molecule has 1 aromatic heterocycles. The predicted octanol–water partition coefficient (Wildman–Crippen LogP) is 6.22. The van der Waals surface area contributed by atoms with Crippen LogP contribution in [0.4, 0.5) is 17.6 Å². The van der Waals surface area contributed by atoms with E-state index in [1.165, 1.54) is 23.3 Å². The highest BCUT2D eigenvalue weighted by molar-refractivity contribution is 5.49. The van der Waals surface area contributed by atoms with Crippen molar-refractivity contribution >= 4 is 6.47 Å². The number of alkyl halides is 3. The highest BCUT2D eigenvalue weighted by Gasteiger charge is 2.40. The van der Waals surface area contributed by atoms with Gasteiger partial charge in [-0.2, -0.15) is 13.2 Å². The van der Waals surface area contributed by atoms with Crippen molar-refractivity contribution in [3.05, 3.63) is 93.4 Å². The van der Waals surface area contributed by atoms with E-state index in [0.29, 0.717) is 23.9 Å². The molecule has 0 spiro atoms. The summed E-state index contributed by atoms with van der Waals surface area (Å²) in [5.74, 6) is 0.444. The van der Waals surface area contributed by atoms with Gasteiger partial charge in [-0.1, -0.05) is 51.1 Å². The Morgan fingerprint density at radius 1 is 1.16 bits per heavy atom. The SMILES string of the molecule is CC1Cc2cnc(OCc3ccc4c(c3F)C(c3ccccc3C(F)(F)F)NCC4(C)C)cc2C1.O=CO. The Morgan fingerprint density at radius 2 is 1.84 bits per heavy atom. The van der Waals surface area contributed by atoms with Crippen LogP contribution in [0.3, 0.4) is 0 Å². The van der Waals surface area contributed by atoms with E-state index in [1.54, 1.807) is 12.1 Å². The molecular weight excluding hydrogens is 500 g/mol. The lowest BCUT2D eigenvalue weighted by atomic mass is 9.74. The molecule has 0 bridgehead atoms. The molecule has 0 fully saturated rings. The van der Waals surface area contributed by atoms with E-state index in [0.717, 1.165) is 18.9 Å². The second-order valence-corrected chi connectivity index (χ2v) is 10.5. The number of halogens is 4. The van der Waals surface area contributed by atoms with Gasteiger partial charge >= 0.3 is 6.18 Å². The molecule has 9 heteroatoms. The number of pyridine rings is 1. The molecule has 202 valence electrons. The summed E-state index contributed by atoms with van der Waals surface area (Å²) in [7, 11) is 0. The second-order valence-electron chi connectivity index (χ2n) is 10.5. The Bertz CT molecular complexity index is 1320. The molecule has 38 heavy (non-hydrogen) atoms. The zero-order valence-corrected chi connectivity index (χ0v) is 21.4. The number of carbonyl (C=O) groups is 1. The number of ether oxygens (including phenoxy) is 1. The number of hydrogen-bond donors (Lipinski definition) is 2. The standard InChI is InChI=1S/C28H28F4N2O.CH2O2/c1-16-10-18-12-23(33-13-19(18)11-16)35-14-17-8-9-22-24(25(17)29)26(34-15-27(22,2)3)20-6-4-5-7-21(20)28(30,31)32;2-1-3/h4-9,12-13,16,26,34H,10-11,14-15H2,1-3H3;1H,(H,2,3). The molecule has 1 aliphatic heterocycles. The number of aromatic nitrogens is 1. The number of carboxylic acid groups (broad SMARTS) is 1. The summed E-state index contributed by atoms with van der Waals surface area (Å²) in [6.45, 7) is 6.20. The maximum atomic E-state index is 16.0. The van der Waals surface area contributed by atoms with E-state index in [9.17, 15) is 13.2 Å². The number of fused-ring (bicyclic) bond motifs is 2. The average Bonchev–Trinajstić information content (AvgIpc) is 3.23. The molecule has 2 heterocycles. The van der Waals surface area contributed by atoms with Crippen LogP contribution in [-0.4, -0.2) is 23.1 Å². The summed E-state index contributed by atoms with van der Waals surface area (Å²) in [6, 6.07) is 9.84. The van der Waals surface area contributed by atoms with Crippen molar-refractivity contribution in [3.8, 4) is 5.88 Å². The van der Waals surface area contributed by atoms with Crippen LogP contribution in [0.1, 0.15) is 65.8 Å². The lowest BCUT2D eigenvalue weighted by Gasteiger charge is -2.39. The van der Waals surface area contributed by atoms with Crippen LogP contribution in [0.25, 0.3) is 0 Å². The summed E-state index contributed by atoms with van der Waals surface area (Å²) in [4.78, 5) is 12.7. The topological polar surface area (TPSA) is 71.5 Å². The van der Waals surface area contributed by atoms with Gasteiger partial charge in [-0.3, -0.25) is 4.79 Å². The Labute approximate surface area is 218 Å². The van der Waals surface area contributed by atoms with Crippen LogP contribution in [0.5, 0.6) is 5.88 Å². The van der Waals surface area contributed by atoms with Crippen molar-refractivity contribution in [1.82, 2.24) is 10.3 Å². The third-order valence-corrected chi connectivity index (χ3v) is 7.17. The van der Waals surface area contributed by atoms with Crippen molar-refractivity contribution in [2.75, 3.05) is 6.54 Å². The van der Waals surface area contributed by atoms with Crippen molar-refractivity contribution in [2.24, 2.45) is 5.92 Å². The van der Waals surface area contributed by atoms with Gasteiger partial charge in [0.2, 0.25) is 5.88 Å². The first kappa shape index (κ1) is 27.6. The van der Waals surface area contributed by atoms with E-state index in [2.05, 4.69) is 17.2 Å². The maximum Gasteiger partial charge on any atom is 0.416 e. The Kier molecular flexibility index (Phi) is 7.78. The summed E-state index contributed by atoms with van der Waals surface area (Å²) >= 11 is 0. The molecule has 2 aromatic carbocycles. The van der Waals surface area contributed by atoms with Gasteiger partial charge in [0.1, 0.15) is 12.4 Å². The van der Waals surface area contributed by atoms with Gasteiger partial charge in [0.15, 0.2) is 0 Å². The van der Waals surface area contributed by atoms with E-state index < -0.39 is 29.0 Å². The van der Waals surface area contributed by atoms with Gasteiger partial charge in [-0.25, -0.2) is 9.37 Å². The number of hydrogen-bond acceptors (Lipinski definition) is 4. The van der Waals surface area contributed by atoms with Gasteiger partial charge in [0, 0.05) is 35.3 Å². The molecule has 0 saturated heterocycles. The summed E-state index contributed by atoms with van der Waals surface area (Å²) in [6.07, 6.45) is -0.776. The minimum atomic E-state index is -4.54. The molecule has 0 radical (unpaired) electrons. The predicted molar refractivity (Wildman–Crippen MR) is 135 cm³/mol. The molecule has 2 unspecified atom stereocenters. The van der Waals surface area contributed by atoms with Crippen molar-refractivity contribution in [3.63, 3.8) is 0 Å². The quantitative estimate of drug-likeness (QED) is 0.309. The fourth-order valence-corrected chi connectivity index (χ4v) is 5.38. The van der Waals surface area contributed by atoms with Gasteiger partial charge in [-0.05, 0) is 47.1 Å². The number of nitrogens with zero attached hydrogens (tertiary/aromatic N) is 1. The molecular formula is C29H30F4N2O3. The zero-order valence-electron chi connectivity index (χ0n) is 21.4. The third kappa shape index (κ3) is 5.53. The normalized spacial score (nSPS) is 19.6. The smallest absolute Gasteiger partial charge is 0.416 e. The lowest BCUT2D eigenvalue weighted by Crippen LogP contribution is -2.43. The van der Waals surface area contributed by atoms with Crippen molar-refractivity contribution < 1.29 is 32.2 Å². The maximum absolute atomic E-state index is 16.0. The van der Waals surface area contributed by atoms with Crippen LogP contribution >= 0.6 is 0 Å². The van der Waals surface area contributed by atoms with Crippen molar-refractivity contribution in [2.45, 2.75) is 57.9 Å². The molecule has 0 saturated carbocycles. The fourth-order valence-electron chi connectivity index (χ4n) is 5.38. The van der Waals surface area contributed by atoms with Crippen LogP contribution in [0.2, 0.25) is 0 Å². The van der Waals surface area contributed by atoms with Crippen LogP contribution < -0.4 is 10.1 Å². The molecule has 2 aliphatic rings. The Balaban J connectivity index is 0.00000107. The molecule has 5 nitrogen and oxygen atoms in total. The van der Waals surface area contributed by atoms with Crippen molar-refractivity contribution in [1.29, 1.82) is 0 Å². The Hall–Kier alpha value is -3.46. The summed E-state index contributed by atoms with van der Waals surface area (Å²) in [5, 5.41) is 10.1. The van der Waals surface area contributed by atoms with Gasteiger partial charge in [-0.15, -0.1) is 0 Å². The molecule has 2 atom stereocenters. The van der Waals surface area contributed by atoms with Gasteiger partial charge in [0.25, 0.3) is 6.47 Å². The molecule has 2 N–H and O–H groups in total. The summed E-state index contributed by atoms with van der Waals surface area (Å²) in [5.41, 5.74) is 2.45. The van der Waals surface area contributed by atoms with Crippen LogP contribution in [-0.2, 0) is 35.8 Å². The number of benzene rings is 2. The monoisotopic (exact) mass is 530 g/mol. The van der Waals surface area contributed by atoms with E-state index in [-0.39, 0.29) is 29.8 Å². The highest BCUT2D eigenvalue weighted by Crippen LogP contribution is 2.43. The lowest BCUT2D eigenvalue weighted by molar-refractivity contribution is -0.138. The highest BCUT2D eigenvalue weighted by atomic mass is 19.4. The van der Waals surface area contributed by atoms with E-state index >= 15 is 4.39 Å². The first-order chi connectivity index (χ1) is 18.0. The largest absolute Gasteiger partial charge is 0.483 e. The molecule has 3 aromatic rings. The van der Waals surface area contributed by atoms with Gasteiger partial charge < -0.3 is 15.2 Å². The van der Waals surface area contributed by atoms with E-state index in [1.807, 2.05) is 32.2 Å². The summed E-state index contributed by atoms with van der Waals surface area (Å²) < 4.78 is 63.2.